The van der Waals surface area contributed by atoms with Gasteiger partial charge >= 0.3 is 0 Å². The first-order valence-electron chi connectivity index (χ1n) is 5.93. The predicted molar refractivity (Wildman–Crippen MR) is 62.6 cm³/mol. The third kappa shape index (κ3) is 2.96. The van der Waals surface area contributed by atoms with E-state index in [1.807, 2.05) is 0 Å². The van der Waals surface area contributed by atoms with Crippen LogP contribution in [0.5, 0.6) is 0 Å². The molecule has 84 valence electrons. The molecule has 1 fully saturated rings. The second-order valence-corrected chi connectivity index (χ2v) is 5.43. The molecule has 0 radical (unpaired) electrons. The molecule has 0 spiro atoms. The van der Waals surface area contributed by atoms with E-state index in [1.165, 1.54) is 19.3 Å². The summed E-state index contributed by atoms with van der Waals surface area (Å²) in [5.74, 6) is 0. The first kappa shape index (κ1) is 12.0. The van der Waals surface area contributed by atoms with Gasteiger partial charge in [-0.25, -0.2) is 0 Å². The Kier molecular flexibility index (Phi) is 3.96. The molecule has 2 unspecified atom stereocenters. The van der Waals surface area contributed by atoms with E-state index < -0.39 is 0 Å². The highest BCUT2D eigenvalue weighted by molar-refractivity contribution is 4.94. The highest BCUT2D eigenvalue weighted by atomic mass is 15.2. The Morgan fingerprint density at radius 1 is 1.50 bits per heavy atom. The molecular formula is C12H26N2. The number of hydrogen-bond donors (Lipinski definition) is 1. The molecule has 0 aromatic carbocycles. The van der Waals surface area contributed by atoms with Crippen molar-refractivity contribution in [2.75, 3.05) is 13.6 Å². The molecule has 1 heterocycles. The summed E-state index contributed by atoms with van der Waals surface area (Å²) in [7, 11) is 2.27. The van der Waals surface area contributed by atoms with E-state index in [0.29, 0.717) is 5.54 Å². The van der Waals surface area contributed by atoms with Gasteiger partial charge in [0.25, 0.3) is 0 Å². The molecule has 0 amide bonds. The van der Waals surface area contributed by atoms with Gasteiger partial charge in [0.15, 0.2) is 0 Å². The van der Waals surface area contributed by atoms with Crippen molar-refractivity contribution < 1.29 is 0 Å². The van der Waals surface area contributed by atoms with Gasteiger partial charge in [-0.3, -0.25) is 4.90 Å². The number of nitrogens with zero attached hydrogens (tertiary/aromatic N) is 1. The Morgan fingerprint density at radius 2 is 2.14 bits per heavy atom. The van der Waals surface area contributed by atoms with E-state index in [9.17, 15) is 0 Å². The van der Waals surface area contributed by atoms with Gasteiger partial charge in [0.2, 0.25) is 0 Å². The van der Waals surface area contributed by atoms with Crippen molar-refractivity contribution in [3.05, 3.63) is 0 Å². The minimum Gasteiger partial charge on any atom is -0.310 e. The molecular weight excluding hydrogens is 172 g/mol. The fraction of sp³-hybridized carbons (Fsp3) is 1.00. The highest BCUT2D eigenvalue weighted by Gasteiger charge is 2.33. The monoisotopic (exact) mass is 198 g/mol. The molecule has 1 rings (SSSR count). The van der Waals surface area contributed by atoms with Crippen LogP contribution in [-0.2, 0) is 0 Å². The summed E-state index contributed by atoms with van der Waals surface area (Å²) in [6.07, 6.45) is 3.88. The lowest BCUT2D eigenvalue weighted by Gasteiger charge is -2.30. The van der Waals surface area contributed by atoms with Gasteiger partial charge in [0, 0.05) is 24.2 Å². The molecule has 1 aliphatic heterocycles. The molecule has 0 saturated carbocycles. The largest absolute Gasteiger partial charge is 0.310 e. The minimum absolute atomic E-state index is 0.338. The minimum atomic E-state index is 0.338. The molecule has 0 bridgehead atoms. The molecule has 0 aromatic heterocycles. The molecule has 14 heavy (non-hydrogen) atoms. The van der Waals surface area contributed by atoms with Crippen LogP contribution in [-0.4, -0.2) is 36.1 Å². The standard InChI is InChI=1S/C12H26N2/c1-6-7-10(2)14(5)11-8-12(3,4)13-9-11/h10-11,13H,6-9H2,1-5H3. The molecule has 0 aromatic rings. The van der Waals surface area contributed by atoms with Crippen LogP contribution in [0.1, 0.15) is 47.0 Å². The lowest BCUT2D eigenvalue weighted by Crippen LogP contribution is -2.39. The van der Waals surface area contributed by atoms with Gasteiger partial charge in [0.05, 0.1) is 0 Å². The zero-order valence-corrected chi connectivity index (χ0v) is 10.4. The highest BCUT2D eigenvalue weighted by Crippen LogP contribution is 2.23. The smallest absolute Gasteiger partial charge is 0.0237 e. The summed E-state index contributed by atoms with van der Waals surface area (Å²) in [6, 6.07) is 1.45. The van der Waals surface area contributed by atoms with Gasteiger partial charge in [-0.2, -0.15) is 0 Å². The Hall–Kier alpha value is -0.0800. The summed E-state index contributed by atoms with van der Waals surface area (Å²) in [5, 5.41) is 3.58. The van der Waals surface area contributed by atoms with E-state index in [2.05, 4.69) is 45.0 Å². The van der Waals surface area contributed by atoms with Crippen LogP contribution in [0.25, 0.3) is 0 Å². The van der Waals surface area contributed by atoms with Crippen LogP contribution in [0.4, 0.5) is 0 Å². The summed E-state index contributed by atoms with van der Waals surface area (Å²) in [5.41, 5.74) is 0.338. The second-order valence-electron chi connectivity index (χ2n) is 5.43. The van der Waals surface area contributed by atoms with Gasteiger partial charge in [-0.05, 0) is 40.7 Å². The van der Waals surface area contributed by atoms with Gasteiger partial charge in [0.1, 0.15) is 0 Å². The number of rotatable bonds is 4. The zero-order valence-electron chi connectivity index (χ0n) is 10.4. The quantitative estimate of drug-likeness (QED) is 0.745. The average molecular weight is 198 g/mol. The normalized spacial score (nSPS) is 28.3. The van der Waals surface area contributed by atoms with Crippen LogP contribution in [0.3, 0.4) is 0 Å². The third-order valence-electron chi connectivity index (χ3n) is 3.54. The summed E-state index contributed by atoms with van der Waals surface area (Å²) >= 11 is 0. The number of nitrogens with one attached hydrogen (secondary N) is 1. The Balaban J connectivity index is 2.42. The Labute approximate surface area is 89.1 Å². The lowest BCUT2D eigenvalue weighted by molar-refractivity contribution is 0.181. The molecule has 0 aliphatic carbocycles. The van der Waals surface area contributed by atoms with E-state index in [-0.39, 0.29) is 0 Å². The molecule has 1 N–H and O–H groups in total. The molecule has 1 aliphatic rings. The number of likely N-dealkylation sites (N-methyl/N-ethyl adjacent to an activating group) is 1. The van der Waals surface area contributed by atoms with Crippen molar-refractivity contribution in [2.24, 2.45) is 0 Å². The van der Waals surface area contributed by atoms with Crippen molar-refractivity contribution in [3.8, 4) is 0 Å². The van der Waals surface area contributed by atoms with Gasteiger partial charge in [-0.1, -0.05) is 13.3 Å². The first-order chi connectivity index (χ1) is 6.46. The predicted octanol–water partition coefficient (Wildman–Crippen LogP) is 2.25. The lowest BCUT2D eigenvalue weighted by atomic mass is 9.99. The van der Waals surface area contributed by atoms with E-state index in [4.69, 9.17) is 0 Å². The molecule has 1 saturated heterocycles. The summed E-state index contributed by atoms with van der Waals surface area (Å²) < 4.78 is 0. The van der Waals surface area contributed by atoms with Gasteiger partial charge < -0.3 is 5.32 Å². The van der Waals surface area contributed by atoms with Crippen molar-refractivity contribution >= 4 is 0 Å². The van der Waals surface area contributed by atoms with Crippen LogP contribution in [0.2, 0.25) is 0 Å². The number of hydrogen-bond acceptors (Lipinski definition) is 2. The van der Waals surface area contributed by atoms with Crippen LogP contribution >= 0.6 is 0 Å². The maximum atomic E-state index is 3.58. The fourth-order valence-corrected chi connectivity index (χ4v) is 2.40. The third-order valence-corrected chi connectivity index (χ3v) is 3.54. The molecule has 2 heteroatoms. The van der Waals surface area contributed by atoms with E-state index in [1.54, 1.807) is 0 Å². The molecule has 2 nitrogen and oxygen atoms in total. The van der Waals surface area contributed by atoms with Crippen LogP contribution in [0, 0.1) is 0 Å². The first-order valence-corrected chi connectivity index (χ1v) is 5.93. The van der Waals surface area contributed by atoms with Crippen molar-refractivity contribution in [3.63, 3.8) is 0 Å². The summed E-state index contributed by atoms with van der Waals surface area (Å²) in [4.78, 5) is 2.55. The SMILES string of the molecule is CCCC(C)N(C)C1CNC(C)(C)C1. The zero-order chi connectivity index (χ0) is 10.8. The van der Waals surface area contributed by atoms with E-state index >= 15 is 0 Å². The van der Waals surface area contributed by atoms with Crippen molar-refractivity contribution in [2.45, 2.75) is 64.6 Å². The Bertz CT molecular complexity index is 177. The van der Waals surface area contributed by atoms with E-state index in [0.717, 1.165) is 18.6 Å². The van der Waals surface area contributed by atoms with Crippen molar-refractivity contribution in [1.29, 1.82) is 0 Å². The molecule has 2 atom stereocenters. The van der Waals surface area contributed by atoms with Crippen LogP contribution < -0.4 is 5.32 Å². The maximum Gasteiger partial charge on any atom is 0.0237 e. The fourth-order valence-electron chi connectivity index (χ4n) is 2.40. The van der Waals surface area contributed by atoms with Gasteiger partial charge in [-0.15, -0.1) is 0 Å². The van der Waals surface area contributed by atoms with Crippen molar-refractivity contribution in [1.82, 2.24) is 10.2 Å². The Morgan fingerprint density at radius 3 is 2.57 bits per heavy atom. The topological polar surface area (TPSA) is 15.3 Å². The van der Waals surface area contributed by atoms with Crippen LogP contribution in [0.15, 0.2) is 0 Å². The summed E-state index contributed by atoms with van der Waals surface area (Å²) in [6.45, 7) is 10.4. The second kappa shape index (κ2) is 4.63. The maximum absolute atomic E-state index is 3.58. The average Bonchev–Trinajstić information content (AvgIpc) is 2.45.